The summed E-state index contributed by atoms with van der Waals surface area (Å²) in [5.74, 6) is 4.03. The molecule has 1 aromatic heterocycles. The number of rotatable bonds is 4. The molecule has 3 aromatic rings. The summed E-state index contributed by atoms with van der Waals surface area (Å²) >= 11 is 1.44. The van der Waals surface area contributed by atoms with Crippen molar-refractivity contribution in [1.82, 2.24) is 10.2 Å². The number of hydrogen-bond acceptors (Lipinski definition) is 8. The molecule has 0 fully saturated rings. The lowest BCUT2D eigenvalue weighted by Crippen LogP contribution is -2.31. The third-order valence-electron chi connectivity index (χ3n) is 3.99. The number of aromatic nitrogens is 2. The Labute approximate surface area is 153 Å². The van der Waals surface area contributed by atoms with Crippen LogP contribution in [0.3, 0.4) is 0 Å². The Hall–Kier alpha value is -2.87. The maximum atomic E-state index is 5.93. The summed E-state index contributed by atoms with van der Waals surface area (Å²) in [6.07, 6.45) is -0.0733. The van der Waals surface area contributed by atoms with Gasteiger partial charge < -0.3 is 23.4 Å². The molecule has 1 atom stereocenters. The highest BCUT2D eigenvalue weighted by molar-refractivity contribution is 7.99. The maximum absolute atomic E-state index is 5.93. The lowest BCUT2D eigenvalue weighted by molar-refractivity contribution is 0.107. The first-order valence-electron chi connectivity index (χ1n) is 8.10. The Morgan fingerprint density at radius 2 is 1.77 bits per heavy atom. The molecule has 0 aliphatic carbocycles. The third kappa shape index (κ3) is 2.92. The molecule has 2 aliphatic rings. The topological polar surface area (TPSA) is 75.8 Å². The van der Waals surface area contributed by atoms with Gasteiger partial charge in [-0.1, -0.05) is 23.9 Å². The van der Waals surface area contributed by atoms with E-state index in [0.29, 0.717) is 29.2 Å². The van der Waals surface area contributed by atoms with Crippen LogP contribution in [0.15, 0.2) is 52.1 Å². The second-order valence-electron chi connectivity index (χ2n) is 5.75. The molecule has 5 rings (SSSR count). The van der Waals surface area contributed by atoms with E-state index in [1.807, 2.05) is 42.5 Å². The Kier molecular flexibility index (Phi) is 3.82. The Morgan fingerprint density at radius 1 is 0.923 bits per heavy atom. The SMILES string of the molecule is c1ccc2c(c1)OCC(CSc1nnc(-c3ccc4c(c3)OCO4)o1)O2. The fraction of sp³-hybridized carbons (Fsp3) is 0.222. The normalized spacial score (nSPS) is 17.3. The van der Waals surface area contributed by atoms with Crippen molar-refractivity contribution in [2.45, 2.75) is 11.3 Å². The van der Waals surface area contributed by atoms with Gasteiger partial charge in [0.1, 0.15) is 12.7 Å². The van der Waals surface area contributed by atoms with Gasteiger partial charge in [-0.05, 0) is 30.3 Å². The number of hydrogen-bond donors (Lipinski definition) is 0. The van der Waals surface area contributed by atoms with Crippen LogP contribution in [-0.2, 0) is 0 Å². The fourth-order valence-corrected chi connectivity index (χ4v) is 3.45. The van der Waals surface area contributed by atoms with Gasteiger partial charge in [0.15, 0.2) is 23.0 Å². The summed E-state index contributed by atoms with van der Waals surface area (Å²) in [4.78, 5) is 0. The van der Waals surface area contributed by atoms with Crippen molar-refractivity contribution in [3.05, 3.63) is 42.5 Å². The van der Waals surface area contributed by atoms with E-state index in [9.17, 15) is 0 Å². The highest BCUT2D eigenvalue weighted by atomic mass is 32.2. The summed E-state index contributed by atoms with van der Waals surface area (Å²) in [7, 11) is 0. The minimum atomic E-state index is -0.0733. The van der Waals surface area contributed by atoms with E-state index in [-0.39, 0.29) is 12.9 Å². The van der Waals surface area contributed by atoms with Crippen LogP contribution in [0.25, 0.3) is 11.5 Å². The van der Waals surface area contributed by atoms with Crippen LogP contribution in [-0.4, -0.2) is 35.5 Å². The molecular weight excluding hydrogens is 356 g/mol. The smallest absolute Gasteiger partial charge is 0.276 e. The first kappa shape index (κ1) is 15.4. The second-order valence-corrected chi connectivity index (χ2v) is 6.72. The van der Waals surface area contributed by atoms with Crippen LogP contribution >= 0.6 is 11.8 Å². The highest BCUT2D eigenvalue weighted by Crippen LogP contribution is 2.36. The molecule has 1 unspecified atom stereocenters. The van der Waals surface area contributed by atoms with E-state index in [1.165, 1.54) is 11.8 Å². The van der Waals surface area contributed by atoms with Gasteiger partial charge in [-0.15, -0.1) is 10.2 Å². The Morgan fingerprint density at radius 3 is 2.73 bits per heavy atom. The van der Waals surface area contributed by atoms with Crippen molar-refractivity contribution in [3.8, 4) is 34.5 Å². The molecule has 3 heterocycles. The molecule has 0 N–H and O–H groups in total. The minimum Gasteiger partial charge on any atom is -0.486 e. The number of ether oxygens (including phenoxy) is 4. The van der Waals surface area contributed by atoms with E-state index >= 15 is 0 Å². The fourth-order valence-electron chi connectivity index (χ4n) is 2.72. The minimum absolute atomic E-state index is 0.0733. The lowest BCUT2D eigenvalue weighted by atomic mass is 10.2. The molecule has 0 saturated carbocycles. The van der Waals surface area contributed by atoms with Crippen LogP contribution in [0, 0.1) is 0 Å². The van der Waals surface area contributed by atoms with Crippen molar-refractivity contribution < 1.29 is 23.4 Å². The molecule has 8 heteroatoms. The summed E-state index contributed by atoms with van der Waals surface area (Å²) in [5.41, 5.74) is 0.791. The van der Waals surface area contributed by atoms with E-state index in [4.69, 9.17) is 23.4 Å². The van der Waals surface area contributed by atoms with Crippen LogP contribution in [0.2, 0.25) is 0 Å². The van der Waals surface area contributed by atoms with Crippen LogP contribution in [0.4, 0.5) is 0 Å². The molecule has 0 amide bonds. The zero-order chi connectivity index (χ0) is 17.3. The van der Waals surface area contributed by atoms with E-state index in [1.54, 1.807) is 0 Å². The highest BCUT2D eigenvalue weighted by Gasteiger charge is 2.22. The van der Waals surface area contributed by atoms with Crippen LogP contribution in [0.5, 0.6) is 23.0 Å². The average molecular weight is 370 g/mol. The van der Waals surface area contributed by atoms with Gasteiger partial charge >= 0.3 is 0 Å². The predicted octanol–water partition coefficient (Wildman–Crippen LogP) is 3.40. The van der Waals surface area contributed by atoms with Gasteiger partial charge in [0.2, 0.25) is 12.7 Å². The maximum Gasteiger partial charge on any atom is 0.276 e. The average Bonchev–Trinajstić information content (AvgIpc) is 3.35. The van der Waals surface area contributed by atoms with Crippen molar-refractivity contribution >= 4 is 11.8 Å². The van der Waals surface area contributed by atoms with Gasteiger partial charge in [-0.3, -0.25) is 0 Å². The predicted molar refractivity (Wildman–Crippen MR) is 92.9 cm³/mol. The number of nitrogens with zero attached hydrogens (tertiary/aromatic N) is 2. The molecule has 0 bridgehead atoms. The third-order valence-corrected chi connectivity index (χ3v) is 4.94. The van der Waals surface area contributed by atoms with E-state index in [2.05, 4.69) is 10.2 Å². The summed E-state index contributed by atoms with van der Waals surface area (Å²) in [6, 6.07) is 13.2. The lowest BCUT2D eigenvalue weighted by Gasteiger charge is -2.25. The number of fused-ring (bicyclic) bond motifs is 2. The van der Waals surface area contributed by atoms with E-state index < -0.39 is 0 Å². The second kappa shape index (κ2) is 6.45. The molecule has 0 radical (unpaired) electrons. The monoisotopic (exact) mass is 370 g/mol. The van der Waals surface area contributed by atoms with Gasteiger partial charge in [0, 0.05) is 11.3 Å². The van der Waals surface area contributed by atoms with Crippen molar-refractivity contribution in [3.63, 3.8) is 0 Å². The molecular formula is C18H14N2O5S. The molecule has 0 spiro atoms. The summed E-state index contributed by atoms with van der Waals surface area (Å²) in [5, 5.41) is 8.68. The van der Waals surface area contributed by atoms with Crippen LogP contribution < -0.4 is 18.9 Å². The van der Waals surface area contributed by atoms with E-state index in [0.717, 1.165) is 22.8 Å². The van der Waals surface area contributed by atoms with Crippen molar-refractivity contribution in [2.75, 3.05) is 19.2 Å². The van der Waals surface area contributed by atoms with Gasteiger partial charge in [-0.2, -0.15) is 0 Å². The molecule has 26 heavy (non-hydrogen) atoms. The first-order chi connectivity index (χ1) is 12.8. The number of para-hydroxylation sites is 2. The van der Waals surface area contributed by atoms with Crippen molar-refractivity contribution in [2.24, 2.45) is 0 Å². The van der Waals surface area contributed by atoms with Gasteiger partial charge in [-0.25, -0.2) is 0 Å². The summed E-state index contributed by atoms with van der Waals surface area (Å²) < 4.78 is 28.1. The molecule has 2 aromatic carbocycles. The Balaban J connectivity index is 1.24. The van der Waals surface area contributed by atoms with Gasteiger partial charge in [0.05, 0.1) is 0 Å². The standard InChI is InChI=1S/C18H14N2O5S/c1-2-4-15-13(3-1)21-8-12(24-15)9-26-18-20-19-17(25-18)11-5-6-14-16(7-11)23-10-22-14/h1-7,12H,8-10H2. The number of thioether (sulfide) groups is 1. The van der Waals surface area contributed by atoms with Crippen LogP contribution in [0.1, 0.15) is 0 Å². The zero-order valence-electron chi connectivity index (χ0n) is 13.6. The first-order valence-corrected chi connectivity index (χ1v) is 9.08. The molecule has 132 valence electrons. The van der Waals surface area contributed by atoms with Gasteiger partial charge in [0.25, 0.3) is 5.22 Å². The largest absolute Gasteiger partial charge is 0.486 e. The quantitative estimate of drug-likeness (QED) is 0.647. The number of benzene rings is 2. The van der Waals surface area contributed by atoms with Crippen molar-refractivity contribution in [1.29, 1.82) is 0 Å². The molecule has 0 saturated heterocycles. The zero-order valence-corrected chi connectivity index (χ0v) is 14.4. The molecule has 7 nitrogen and oxygen atoms in total. The summed E-state index contributed by atoms with van der Waals surface area (Å²) in [6.45, 7) is 0.726. The Bertz CT molecular complexity index is 945. The molecule has 2 aliphatic heterocycles.